The third kappa shape index (κ3) is 3.80. The molecule has 1 aromatic carbocycles. The molecular weight excluding hydrogens is 298 g/mol. The molecule has 2 rings (SSSR count). The molecule has 0 aromatic heterocycles. The first-order valence-electron chi connectivity index (χ1n) is 7.47. The van der Waals surface area contributed by atoms with Crippen LogP contribution in [0.3, 0.4) is 0 Å². The van der Waals surface area contributed by atoms with Crippen molar-refractivity contribution < 1.29 is 4.79 Å². The summed E-state index contributed by atoms with van der Waals surface area (Å²) in [6.07, 6.45) is 5.05. The van der Waals surface area contributed by atoms with E-state index in [2.05, 4.69) is 17.1 Å². The topological polar surface area (TPSA) is 56.1 Å². The lowest BCUT2D eigenvalue weighted by atomic mass is 10.0. The Labute approximate surface area is 136 Å². The minimum Gasteiger partial charge on any atom is -0.373 e. The Kier molecular flexibility index (Phi) is 5.46. The molecule has 1 aliphatic heterocycles. The van der Waals surface area contributed by atoms with Crippen LogP contribution in [0.15, 0.2) is 30.0 Å². The summed E-state index contributed by atoms with van der Waals surface area (Å²) < 4.78 is 0. The maximum absolute atomic E-state index is 12.3. The number of likely N-dealkylation sites (tertiary alicyclic amines) is 1. The smallest absolute Gasteiger partial charge is 0.267 e. The Morgan fingerprint density at radius 3 is 2.95 bits per heavy atom. The van der Waals surface area contributed by atoms with Crippen molar-refractivity contribution in [2.24, 2.45) is 0 Å². The van der Waals surface area contributed by atoms with E-state index < -0.39 is 5.91 Å². The third-order valence-corrected chi connectivity index (χ3v) is 4.44. The minimum absolute atomic E-state index is 0.119. The van der Waals surface area contributed by atoms with Crippen LogP contribution in [-0.2, 0) is 4.79 Å². The van der Waals surface area contributed by atoms with E-state index >= 15 is 0 Å². The van der Waals surface area contributed by atoms with Gasteiger partial charge in [-0.2, -0.15) is 5.26 Å². The highest BCUT2D eigenvalue weighted by atomic mass is 35.5. The van der Waals surface area contributed by atoms with Gasteiger partial charge in [0.1, 0.15) is 11.6 Å². The Balaban J connectivity index is 2.15. The fraction of sp³-hybridized carbons (Fsp3) is 0.412. The van der Waals surface area contributed by atoms with E-state index in [1.165, 1.54) is 6.42 Å². The minimum atomic E-state index is -0.398. The molecule has 1 atom stereocenters. The molecule has 1 unspecified atom stereocenters. The number of carbonyl (C=O) groups is 1. The lowest BCUT2D eigenvalue weighted by Gasteiger charge is -2.32. The molecule has 1 saturated heterocycles. The van der Waals surface area contributed by atoms with Crippen LogP contribution in [0.25, 0.3) is 0 Å². The quantitative estimate of drug-likeness (QED) is 0.680. The maximum atomic E-state index is 12.3. The second kappa shape index (κ2) is 7.33. The van der Waals surface area contributed by atoms with Gasteiger partial charge < -0.3 is 10.2 Å². The van der Waals surface area contributed by atoms with Gasteiger partial charge in [-0.25, -0.2) is 0 Å². The van der Waals surface area contributed by atoms with Crippen molar-refractivity contribution in [1.29, 1.82) is 5.26 Å². The van der Waals surface area contributed by atoms with E-state index in [-0.39, 0.29) is 5.57 Å². The predicted molar refractivity (Wildman–Crippen MR) is 88.5 cm³/mol. The average molecular weight is 318 g/mol. The Morgan fingerprint density at radius 1 is 1.50 bits per heavy atom. The largest absolute Gasteiger partial charge is 0.373 e. The Morgan fingerprint density at radius 2 is 2.27 bits per heavy atom. The normalized spacial score (nSPS) is 18.7. The van der Waals surface area contributed by atoms with Gasteiger partial charge >= 0.3 is 0 Å². The highest BCUT2D eigenvalue weighted by Crippen LogP contribution is 2.23. The summed E-state index contributed by atoms with van der Waals surface area (Å²) in [7, 11) is 0. The summed E-state index contributed by atoms with van der Waals surface area (Å²) in [6, 6.07) is 7.67. The number of amides is 1. The molecule has 116 valence electrons. The summed E-state index contributed by atoms with van der Waals surface area (Å²) in [6.45, 7) is 4.83. The van der Waals surface area contributed by atoms with Gasteiger partial charge in [-0.1, -0.05) is 17.7 Å². The number of piperidine rings is 1. The molecule has 0 aliphatic carbocycles. The van der Waals surface area contributed by atoms with Crippen LogP contribution in [-0.4, -0.2) is 23.4 Å². The summed E-state index contributed by atoms with van der Waals surface area (Å²) in [5.41, 5.74) is 1.54. The fourth-order valence-electron chi connectivity index (χ4n) is 2.55. The van der Waals surface area contributed by atoms with Gasteiger partial charge in [0.2, 0.25) is 0 Å². The molecule has 1 aromatic rings. The predicted octanol–water partition coefficient (Wildman–Crippen LogP) is 3.87. The van der Waals surface area contributed by atoms with Gasteiger partial charge in [0.15, 0.2) is 0 Å². The zero-order valence-corrected chi connectivity index (χ0v) is 13.7. The molecular formula is C17H20ClN3O. The number of benzene rings is 1. The van der Waals surface area contributed by atoms with Gasteiger partial charge in [0.05, 0.1) is 0 Å². The van der Waals surface area contributed by atoms with E-state index in [1.54, 1.807) is 24.4 Å². The number of hydrogen-bond acceptors (Lipinski definition) is 3. The van der Waals surface area contributed by atoms with Crippen molar-refractivity contribution in [3.05, 3.63) is 40.6 Å². The van der Waals surface area contributed by atoms with Gasteiger partial charge in [-0.3, -0.25) is 4.79 Å². The van der Waals surface area contributed by atoms with Gasteiger partial charge in [0.25, 0.3) is 5.91 Å². The van der Waals surface area contributed by atoms with Crippen molar-refractivity contribution in [1.82, 2.24) is 4.90 Å². The van der Waals surface area contributed by atoms with Crippen LogP contribution in [0.5, 0.6) is 0 Å². The van der Waals surface area contributed by atoms with Crippen molar-refractivity contribution in [2.45, 2.75) is 39.2 Å². The molecule has 0 bridgehead atoms. The van der Waals surface area contributed by atoms with E-state index in [9.17, 15) is 10.1 Å². The molecule has 1 aliphatic rings. The van der Waals surface area contributed by atoms with E-state index in [0.717, 1.165) is 24.9 Å². The van der Waals surface area contributed by atoms with E-state index in [0.29, 0.717) is 16.8 Å². The van der Waals surface area contributed by atoms with Gasteiger partial charge in [0, 0.05) is 29.5 Å². The first kappa shape index (κ1) is 16.4. The Bertz CT molecular complexity index is 633. The molecule has 1 amide bonds. The SMILES string of the molecule is Cc1c(Cl)cccc1NC(=O)/C(C#N)=C\N1CCCCC1C. The number of nitrogens with zero attached hydrogens (tertiary/aromatic N) is 2. The number of hydrogen-bond donors (Lipinski definition) is 1. The standard InChI is InChI=1S/C17H20ClN3O/c1-12-6-3-4-9-21(12)11-14(10-19)17(22)20-16-8-5-7-15(18)13(16)2/h5,7-8,11-12H,3-4,6,9H2,1-2H3,(H,20,22)/b14-11-. The van der Waals surface area contributed by atoms with Gasteiger partial charge in [-0.05, 0) is 50.8 Å². The zero-order chi connectivity index (χ0) is 16.1. The summed E-state index contributed by atoms with van der Waals surface area (Å²) in [4.78, 5) is 14.4. The maximum Gasteiger partial charge on any atom is 0.267 e. The van der Waals surface area contributed by atoms with Gasteiger partial charge in [-0.15, -0.1) is 0 Å². The molecule has 1 fully saturated rings. The molecule has 1 heterocycles. The van der Waals surface area contributed by atoms with E-state index in [4.69, 9.17) is 11.6 Å². The molecule has 5 heteroatoms. The zero-order valence-electron chi connectivity index (χ0n) is 12.9. The molecule has 1 N–H and O–H groups in total. The second-order valence-corrected chi connectivity index (χ2v) is 6.01. The molecule has 0 spiro atoms. The summed E-state index contributed by atoms with van der Waals surface area (Å²) in [5.74, 6) is -0.398. The number of nitrogens with one attached hydrogen (secondary N) is 1. The Hall–Kier alpha value is -1.99. The van der Waals surface area contributed by atoms with Crippen molar-refractivity contribution >= 4 is 23.2 Å². The molecule has 4 nitrogen and oxygen atoms in total. The second-order valence-electron chi connectivity index (χ2n) is 5.60. The van der Waals surface area contributed by atoms with Crippen LogP contribution in [0, 0.1) is 18.3 Å². The fourth-order valence-corrected chi connectivity index (χ4v) is 2.72. The first-order valence-corrected chi connectivity index (χ1v) is 7.85. The number of rotatable bonds is 3. The highest BCUT2D eigenvalue weighted by Gasteiger charge is 2.18. The van der Waals surface area contributed by atoms with Crippen LogP contribution in [0.4, 0.5) is 5.69 Å². The van der Waals surface area contributed by atoms with Crippen LogP contribution < -0.4 is 5.32 Å². The van der Waals surface area contributed by atoms with Crippen molar-refractivity contribution in [2.75, 3.05) is 11.9 Å². The van der Waals surface area contributed by atoms with E-state index in [1.807, 2.05) is 13.0 Å². The summed E-state index contributed by atoms with van der Waals surface area (Å²) >= 11 is 6.05. The average Bonchev–Trinajstić information content (AvgIpc) is 2.51. The number of anilines is 1. The van der Waals surface area contributed by atoms with Crippen molar-refractivity contribution in [3.8, 4) is 6.07 Å². The van der Waals surface area contributed by atoms with Crippen LogP contribution >= 0.6 is 11.6 Å². The van der Waals surface area contributed by atoms with Crippen LogP contribution in [0.2, 0.25) is 5.02 Å². The lowest BCUT2D eigenvalue weighted by molar-refractivity contribution is -0.112. The van der Waals surface area contributed by atoms with Crippen LogP contribution in [0.1, 0.15) is 31.7 Å². The number of nitriles is 1. The molecule has 22 heavy (non-hydrogen) atoms. The number of halogens is 1. The molecule has 0 saturated carbocycles. The van der Waals surface area contributed by atoms with Crippen molar-refractivity contribution in [3.63, 3.8) is 0 Å². The molecule has 0 radical (unpaired) electrons. The highest BCUT2D eigenvalue weighted by molar-refractivity contribution is 6.31. The number of carbonyl (C=O) groups excluding carboxylic acids is 1. The summed E-state index contributed by atoms with van der Waals surface area (Å²) in [5, 5.41) is 12.6. The third-order valence-electron chi connectivity index (χ3n) is 4.03. The monoisotopic (exact) mass is 317 g/mol. The first-order chi connectivity index (χ1) is 10.5. The lowest BCUT2D eigenvalue weighted by Crippen LogP contribution is -2.34.